The average molecular weight is 395 g/mol. The van der Waals surface area contributed by atoms with Crippen molar-refractivity contribution in [3.8, 4) is 11.1 Å². The number of alkyl halides is 2. The Hall–Kier alpha value is -3.23. The van der Waals surface area contributed by atoms with Crippen LogP contribution in [0.25, 0.3) is 11.1 Å². The standard InChI is InChI=1S/C19H14F5N3O/c1-27-9-11(18(26-27)19(23)24)7-17(28)25-16-8-12(20)3-4-13(16)10-2-5-14(21)15(22)6-10/h2-6,8-9,19H,7H2,1H3,(H,25,28). The lowest BCUT2D eigenvalue weighted by Crippen LogP contribution is -2.16. The average Bonchev–Trinajstić information content (AvgIpc) is 2.98. The number of aryl methyl sites for hydroxylation is 1. The van der Waals surface area contributed by atoms with E-state index in [2.05, 4.69) is 10.4 Å². The van der Waals surface area contributed by atoms with E-state index in [1.54, 1.807) is 0 Å². The highest BCUT2D eigenvalue weighted by molar-refractivity contribution is 5.96. The summed E-state index contributed by atoms with van der Waals surface area (Å²) in [6, 6.07) is 6.50. The molecule has 0 radical (unpaired) electrons. The topological polar surface area (TPSA) is 46.9 Å². The van der Waals surface area contributed by atoms with Gasteiger partial charge in [0.25, 0.3) is 6.43 Å². The highest BCUT2D eigenvalue weighted by atomic mass is 19.3. The molecule has 9 heteroatoms. The summed E-state index contributed by atoms with van der Waals surface area (Å²) in [4.78, 5) is 12.3. The molecule has 1 amide bonds. The lowest BCUT2D eigenvalue weighted by molar-refractivity contribution is -0.115. The molecule has 0 spiro atoms. The molecule has 1 aromatic heterocycles. The van der Waals surface area contributed by atoms with Crippen LogP contribution in [-0.2, 0) is 18.3 Å². The SMILES string of the molecule is Cn1cc(CC(=O)Nc2cc(F)ccc2-c2ccc(F)c(F)c2)c(C(F)F)n1. The molecule has 0 aliphatic rings. The summed E-state index contributed by atoms with van der Waals surface area (Å²) < 4.78 is 67.5. The minimum Gasteiger partial charge on any atom is -0.325 e. The van der Waals surface area contributed by atoms with E-state index in [1.807, 2.05) is 0 Å². The van der Waals surface area contributed by atoms with Crippen molar-refractivity contribution in [3.63, 3.8) is 0 Å². The highest BCUT2D eigenvalue weighted by Crippen LogP contribution is 2.30. The summed E-state index contributed by atoms with van der Waals surface area (Å²) in [5, 5.41) is 6.05. The molecule has 2 aromatic carbocycles. The molecule has 1 heterocycles. The van der Waals surface area contributed by atoms with E-state index in [9.17, 15) is 26.7 Å². The van der Waals surface area contributed by atoms with Gasteiger partial charge in [-0.3, -0.25) is 9.48 Å². The molecule has 1 N–H and O–H groups in total. The van der Waals surface area contributed by atoms with Crippen LogP contribution >= 0.6 is 0 Å². The first-order chi connectivity index (χ1) is 13.2. The fourth-order valence-electron chi connectivity index (χ4n) is 2.78. The van der Waals surface area contributed by atoms with Crippen LogP contribution in [0.4, 0.5) is 27.6 Å². The summed E-state index contributed by atoms with van der Waals surface area (Å²) in [6.07, 6.45) is -1.97. The Morgan fingerprint density at radius 1 is 1.11 bits per heavy atom. The number of benzene rings is 2. The number of hydrogen-bond acceptors (Lipinski definition) is 2. The largest absolute Gasteiger partial charge is 0.325 e. The quantitative estimate of drug-likeness (QED) is 0.641. The predicted octanol–water partition coefficient (Wildman–Crippen LogP) is 4.62. The summed E-state index contributed by atoms with van der Waals surface area (Å²) in [6.45, 7) is 0. The Labute approximate surface area is 156 Å². The van der Waals surface area contributed by atoms with Crippen molar-refractivity contribution in [2.24, 2.45) is 7.05 Å². The number of carbonyl (C=O) groups excluding carboxylic acids is 1. The van der Waals surface area contributed by atoms with Crippen molar-refractivity contribution in [2.45, 2.75) is 12.8 Å². The summed E-state index contributed by atoms with van der Waals surface area (Å²) in [5.41, 5.74) is -0.0326. The van der Waals surface area contributed by atoms with Gasteiger partial charge in [0.2, 0.25) is 5.91 Å². The third kappa shape index (κ3) is 4.19. The number of nitrogens with one attached hydrogen (secondary N) is 1. The maximum Gasteiger partial charge on any atom is 0.282 e. The third-order valence-corrected chi connectivity index (χ3v) is 3.98. The summed E-state index contributed by atoms with van der Waals surface area (Å²) in [7, 11) is 1.45. The lowest BCUT2D eigenvalue weighted by atomic mass is 10.0. The molecule has 4 nitrogen and oxygen atoms in total. The Morgan fingerprint density at radius 2 is 1.86 bits per heavy atom. The molecule has 0 aliphatic heterocycles. The second kappa shape index (κ2) is 7.79. The number of halogens is 5. The molecule has 0 fully saturated rings. The maximum atomic E-state index is 13.7. The molecule has 0 unspecified atom stereocenters. The first-order valence-corrected chi connectivity index (χ1v) is 8.10. The molecular weight excluding hydrogens is 381 g/mol. The first-order valence-electron chi connectivity index (χ1n) is 8.10. The number of rotatable bonds is 5. The maximum absolute atomic E-state index is 13.7. The highest BCUT2D eigenvalue weighted by Gasteiger charge is 2.20. The van der Waals surface area contributed by atoms with Gasteiger partial charge in [0.1, 0.15) is 11.5 Å². The Morgan fingerprint density at radius 3 is 2.54 bits per heavy atom. The number of amides is 1. The fraction of sp³-hybridized carbons (Fsp3) is 0.158. The van der Waals surface area contributed by atoms with Crippen molar-refractivity contribution in [1.29, 1.82) is 0 Å². The number of carbonyl (C=O) groups is 1. The van der Waals surface area contributed by atoms with Gasteiger partial charge in [0.05, 0.1) is 12.1 Å². The Bertz CT molecular complexity index is 1030. The van der Waals surface area contributed by atoms with Gasteiger partial charge >= 0.3 is 0 Å². The smallest absolute Gasteiger partial charge is 0.282 e. The minimum atomic E-state index is -2.85. The van der Waals surface area contributed by atoms with E-state index < -0.39 is 41.9 Å². The van der Waals surface area contributed by atoms with Gasteiger partial charge in [-0.2, -0.15) is 5.10 Å². The summed E-state index contributed by atoms with van der Waals surface area (Å²) >= 11 is 0. The zero-order chi connectivity index (χ0) is 20.4. The van der Waals surface area contributed by atoms with Crippen LogP contribution in [0, 0.1) is 17.5 Å². The van der Waals surface area contributed by atoms with Crippen molar-refractivity contribution in [3.05, 3.63) is 71.3 Å². The number of anilines is 1. The second-order valence-corrected chi connectivity index (χ2v) is 6.06. The van der Waals surface area contributed by atoms with E-state index >= 15 is 0 Å². The summed E-state index contributed by atoms with van der Waals surface area (Å²) in [5.74, 6) is -3.51. The van der Waals surface area contributed by atoms with Crippen molar-refractivity contribution in [2.75, 3.05) is 5.32 Å². The molecule has 0 aliphatic carbocycles. The van der Waals surface area contributed by atoms with Crippen LogP contribution in [-0.4, -0.2) is 15.7 Å². The molecule has 0 bridgehead atoms. The van der Waals surface area contributed by atoms with E-state index in [-0.39, 0.29) is 22.4 Å². The molecular formula is C19H14F5N3O. The van der Waals surface area contributed by atoms with Gasteiger partial charge in [-0.05, 0) is 35.9 Å². The van der Waals surface area contributed by atoms with E-state index in [0.29, 0.717) is 0 Å². The number of hydrogen-bond donors (Lipinski definition) is 1. The van der Waals surface area contributed by atoms with Gasteiger partial charge in [0, 0.05) is 24.4 Å². The van der Waals surface area contributed by atoms with Crippen LogP contribution in [0.3, 0.4) is 0 Å². The van der Waals surface area contributed by atoms with Gasteiger partial charge in [0.15, 0.2) is 11.6 Å². The van der Waals surface area contributed by atoms with Crippen molar-refractivity contribution < 1.29 is 26.7 Å². The van der Waals surface area contributed by atoms with Crippen LogP contribution < -0.4 is 5.32 Å². The van der Waals surface area contributed by atoms with Crippen molar-refractivity contribution in [1.82, 2.24) is 9.78 Å². The molecule has 0 saturated carbocycles. The third-order valence-electron chi connectivity index (χ3n) is 3.98. The van der Waals surface area contributed by atoms with Crippen LogP contribution in [0.5, 0.6) is 0 Å². The molecule has 0 atom stereocenters. The normalized spacial score (nSPS) is 11.1. The van der Waals surface area contributed by atoms with Gasteiger partial charge < -0.3 is 5.32 Å². The first kappa shape index (κ1) is 19.5. The monoisotopic (exact) mass is 395 g/mol. The van der Waals surface area contributed by atoms with E-state index in [1.165, 1.54) is 30.1 Å². The van der Waals surface area contributed by atoms with Crippen molar-refractivity contribution >= 4 is 11.6 Å². The minimum absolute atomic E-state index is 0.00139. The molecule has 3 rings (SSSR count). The van der Waals surface area contributed by atoms with E-state index in [4.69, 9.17) is 0 Å². The second-order valence-electron chi connectivity index (χ2n) is 6.06. The van der Waals surface area contributed by atoms with Crippen LogP contribution in [0.1, 0.15) is 17.7 Å². The van der Waals surface area contributed by atoms with Crippen LogP contribution in [0.15, 0.2) is 42.6 Å². The lowest BCUT2D eigenvalue weighted by Gasteiger charge is -2.12. The van der Waals surface area contributed by atoms with Gasteiger partial charge in [-0.15, -0.1) is 0 Å². The predicted molar refractivity (Wildman–Crippen MR) is 92.3 cm³/mol. The van der Waals surface area contributed by atoms with Gasteiger partial charge in [-0.25, -0.2) is 22.0 Å². The molecule has 3 aromatic rings. The zero-order valence-electron chi connectivity index (χ0n) is 14.5. The Kier molecular flexibility index (Phi) is 5.43. The van der Waals surface area contributed by atoms with Crippen LogP contribution in [0.2, 0.25) is 0 Å². The zero-order valence-corrected chi connectivity index (χ0v) is 14.5. The van der Waals surface area contributed by atoms with E-state index in [0.717, 1.165) is 24.3 Å². The fourth-order valence-corrected chi connectivity index (χ4v) is 2.78. The number of nitrogens with zero attached hydrogens (tertiary/aromatic N) is 2. The molecule has 146 valence electrons. The molecule has 28 heavy (non-hydrogen) atoms. The van der Waals surface area contributed by atoms with Gasteiger partial charge in [-0.1, -0.05) is 6.07 Å². The molecule has 0 saturated heterocycles. The Balaban J connectivity index is 1.89. The number of aromatic nitrogens is 2.